The molecule has 6 nitrogen and oxygen atoms in total. The van der Waals surface area contributed by atoms with E-state index < -0.39 is 0 Å². The molecule has 0 spiro atoms. The van der Waals surface area contributed by atoms with E-state index in [0.29, 0.717) is 24.6 Å². The molecule has 4 rings (SSSR count). The van der Waals surface area contributed by atoms with Crippen molar-refractivity contribution in [2.24, 2.45) is 11.8 Å². The van der Waals surface area contributed by atoms with Crippen LogP contribution in [0.2, 0.25) is 0 Å². The number of hydrogen-bond donors (Lipinski definition) is 1. The number of ether oxygens (including phenoxy) is 1. The van der Waals surface area contributed by atoms with Crippen LogP contribution in [0.1, 0.15) is 41.0 Å². The second kappa shape index (κ2) is 10.3. The number of carbonyl (C=O) groups is 2. The maximum atomic E-state index is 13.0. The topological polar surface area (TPSA) is 71.5 Å². The highest BCUT2D eigenvalue weighted by molar-refractivity contribution is 5.95. The van der Waals surface area contributed by atoms with E-state index in [0.717, 1.165) is 35.1 Å². The van der Waals surface area contributed by atoms with Crippen molar-refractivity contribution in [3.05, 3.63) is 77.0 Å². The van der Waals surface area contributed by atoms with Crippen LogP contribution in [-0.2, 0) is 16.0 Å². The summed E-state index contributed by atoms with van der Waals surface area (Å²) < 4.78 is 4.99. The molecule has 2 heterocycles. The summed E-state index contributed by atoms with van der Waals surface area (Å²) in [5.74, 6) is -0.300. The van der Waals surface area contributed by atoms with E-state index in [1.165, 1.54) is 12.7 Å². The number of likely N-dealkylation sites (tertiary alicyclic amines) is 1. The fourth-order valence-electron chi connectivity index (χ4n) is 4.87. The largest absolute Gasteiger partial charge is 0.469 e. The molecule has 178 valence electrons. The predicted molar refractivity (Wildman–Crippen MR) is 134 cm³/mol. The number of nitrogens with zero attached hydrogens (tertiary/aromatic N) is 2. The molecule has 1 N–H and O–H groups in total. The molecule has 2 atom stereocenters. The fourth-order valence-corrected chi connectivity index (χ4v) is 4.87. The number of amides is 1. The number of aryl methyl sites for hydroxylation is 1. The van der Waals surface area contributed by atoms with Crippen molar-refractivity contribution < 1.29 is 14.3 Å². The maximum absolute atomic E-state index is 13.0. The van der Waals surface area contributed by atoms with Gasteiger partial charge in [0.05, 0.1) is 24.6 Å². The van der Waals surface area contributed by atoms with Gasteiger partial charge in [0, 0.05) is 36.3 Å². The summed E-state index contributed by atoms with van der Waals surface area (Å²) >= 11 is 0. The molecule has 1 aliphatic rings. The quantitative estimate of drug-likeness (QED) is 0.541. The number of methoxy groups -OCH3 is 1. The van der Waals surface area contributed by atoms with Gasteiger partial charge in [0.1, 0.15) is 0 Å². The van der Waals surface area contributed by atoms with E-state index in [1.807, 2.05) is 49.4 Å². The van der Waals surface area contributed by atoms with E-state index in [4.69, 9.17) is 4.74 Å². The van der Waals surface area contributed by atoms with Crippen LogP contribution in [0.4, 0.5) is 0 Å². The molecular formula is C28H33N3O3. The van der Waals surface area contributed by atoms with Crippen molar-refractivity contribution >= 4 is 22.8 Å². The molecule has 6 heteroatoms. The minimum atomic E-state index is -0.352. The Bertz CT molecular complexity index is 1170. The molecule has 0 radical (unpaired) electrons. The van der Waals surface area contributed by atoms with Gasteiger partial charge >= 0.3 is 5.97 Å². The number of carbonyl (C=O) groups excluding carboxylic acids is 2. The monoisotopic (exact) mass is 459 g/mol. The third kappa shape index (κ3) is 5.45. The summed E-state index contributed by atoms with van der Waals surface area (Å²) in [5.41, 5.74) is 4.93. The van der Waals surface area contributed by atoms with Gasteiger partial charge in [-0.1, -0.05) is 44.2 Å². The molecule has 0 bridgehead atoms. The zero-order valence-electron chi connectivity index (χ0n) is 20.4. The highest BCUT2D eigenvalue weighted by Gasteiger charge is 2.39. The maximum Gasteiger partial charge on any atom is 0.312 e. The first kappa shape index (κ1) is 23.9. The summed E-state index contributed by atoms with van der Waals surface area (Å²) in [6, 6.07) is 17.7. The van der Waals surface area contributed by atoms with Crippen LogP contribution < -0.4 is 5.32 Å². The average Bonchev–Trinajstić information content (AvgIpc) is 3.20. The van der Waals surface area contributed by atoms with Crippen LogP contribution in [0.25, 0.3) is 10.9 Å². The molecule has 3 aromatic rings. The standard InChI is InChI=1S/C28H33N3O3/c1-18(2)15-31-16-24(28(33)34-4)26(17-31)30-27(32)21-11-9-20(10-12-21)14-22-13-19(3)29-25-8-6-5-7-23(22)25/h5-13,18,24,26H,14-17H2,1-4H3,(H,30,32)/t24-,26+/m0/s1. The normalized spacial score (nSPS) is 18.4. The fraction of sp³-hybridized carbons (Fsp3) is 0.393. The van der Waals surface area contributed by atoms with Crippen LogP contribution in [0.3, 0.4) is 0 Å². The first-order valence-electron chi connectivity index (χ1n) is 11.9. The van der Waals surface area contributed by atoms with Crippen LogP contribution in [0.5, 0.6) is 0 Å². The van der Waals surface area contributed by atoms with Crippen molar-refractivity contribution in [2.45, 2.75) is 33.2 Å². The van der Waals surface area contributed by atoms with Gasteiger partial charge in [0.2, 0.25) is 0 Å². The van der Waals surface area contributed by atoms with E-state index in [1.54, 1.807) is 0 Å². The number of benzene rings is 2. The third-order valence-corrected chi connectivity index (χ3v) is 6.38. The Morgan fingerprint density at radius 2 is 1.85 bits per heavy atom. The molecule has 0 unspecified atom stereocenters. The molecule has 1 aliphatic heterocycles. The lowest BCUT2D eigenvalue weighted by Gasteiger charge is -2.19. The molecule has 0 saturated carbocycles. The van der Waals surface area contributed by atoms with Gasteiger partial charge in [-0.05, 0) is 54.7 Å². The number of hydrogen-bond acceptors (Lipinski definition) is 5. The molecule has 0 aliphatic carbocycles. The van der Waals surface area contributed by atoms with Gasteiger partial charge in [-0.3, -0.25) is 14.6 Å². The Kier molecular flexibility index (Phi) is 7.27. The second-order valence-corrected chi connectivity index (χ2v) is 9.64. The number of pyridine rings is 1. The van der Waals surface area contributed by atoms with Crippen molar-refractivity contribution in [3.8, 4) is 0 Å². The highest BCUT2D eigenvalue weighted by Crippen LogP contribution is 2.23. The van der Waals surface area contributed by atoms with Gasteiger partial charge in [0.25, 0.3) is 5.91 Å². The number of esters is 1. The molecule has 1 saturated heterocycles. The summed E-state index contributed by atoms with van der Waals surface area (Å²) in [5, 5.41) is 4.22. The zero-order valence-corrected chi connectivity index (χ0v) is 20.4. The predicted octanol–water partition coefficient (Wildman–Crippen LogP) is 3.99. The summed E-state index contributed by atoms with van der Waals surface area (Å²) in [6.45, 7) is 8.45. The minimum absolute atomic E-state index is 0.165. The van der Waals surface area contributed by atoms with Gasteiger partial charge in [-0.15, -0.1) is 0 Å². The molecule has 2 aromatic carbocycles. The van der Waals surface area contributed by atoms with E-state index in [9.17, 15) is 9.59 Å². The SMILES string of the molecule is COC(=O)[C@H]1CN(CC(C)C)C[C@H]1NC(=O)c1ccc(Cc2cc(C)nc3ccccc23)cc1. The summed E-state index contributed by atoms with van der Waals surface area (Å²) in [7, 11) is 1.40. The van der Waals surface area contributed by atoms with E-state index in [-0.39, 0.29) is 23.8 Å². The molecular weight excluding hydrogens is 426 g/mol. The molecule has 1 fully saturated rings. The Labute approximate surface area is 201 Å². The minimum Gasteiger partial charge on any atom is -0.469 e. The molecule has 34 heavy (non-hydrogen) atoms. The third-order valence-electron chi connectivity index (χ3n) is 6.38. The lowest BCUT2D eigenvalue weighted by molar-refractivity contribution is -0.145. The van der Waals surface area contributed by atoms with Crippen molar-refractivity contribution in [3.63, 3.8) is 0 Å². The number of rotatable bonds is 7. The van der Waals surface area contributed by atoms with E-state index in [2.05, 4.69) is 41.2 Å². The molecule has 1 aromatic heterocycles. The Morgan fingerprint density at radius 3 is 2.56 bits per heavy atom. The lowest BCUT2D eigenvalue weighted by Crippen LogP contribution is -2.43. The van der Waals surface area contributed by atoms with Crippen LogP contribution in [0, 0.1) is 18.8 Å². The number of para-hydroxylation sites is 1. The van der Waals surface area contributed by atoms with Crippen LogP contribution in [-0.4, -0.2) is 54.5 Å². The van der Waals surface area contributed by atoms with Crippen molar-refractivity contribution in [1.82, 2.24) is 15.2 Å². The van der Waals surface area contributed by atoms with Crippen molar-refractivity contribution in [2.75, 3.05) is 26.7 Å². The first-order chi connectivity index (χ1) is 16.3. The first-order valence-corrected chi connectivity index (χ1v) is 11.9. The number of fused-ring (bicyclic) bond motifs is 1. The lowest BCUT2D eigenvalue weighted by atomic mass is 9.99. The summed E-state index contributed by atoms with van der Waals surface area (Å²) in [4.78, 5) is 32.1. The Balaban J connectivity index is 1.45. The zero-order chi connectivity index (χ0) is 24.2. The van der Waals surface area contributed by atoms with Gasteiger partial charge in [0.15, 0.2) is 0 Å². The van der Waals surface area contributed by atoms with Gasteiger partial charge < -0.3 is 15.0 Å². The van der Waals surface area contributed by atoms with Crippen molar-refractivity contribution in [1.29, 1.82) is 0 Å². The van der Waals surface area contributed by atoms with Crippen LogP contribution >= 0.6 is 0 Å². The number of aromatic nitrogens is 1. The Morgan fingerprint density at radius 1 is 1.12 bits per heavy atom. The summed E-state index contributed by atoms with van der Waals surface area (Å²) in [6.07, 6.45) is 0.767. The smallest absolute Gasteiger partial charge is 0.312 e. The highest BCUT2D eigenvalue weighted by atomic mass is 16.5. The van der Waals surface area contributed by atoms with Gasteiger partial charge in [-0.2, -0.15) is 0 Å². The van der Waals surface area contributed by atoms with Crippen LogP contribution in [0.15, 0.2) is 54.6 Å². The number of nitrogens with one attached hydrogen (secondary N) is 1. The average molecular weight is 460 g/mol. The Hall–Kier alpha value is -3.25. The molecule has 1 amide bonds. The van der Waals surface area contributed by atoms with Gasteiger partial charge in [-0.25, -0.2) is 0 Å². The van der Waals surface area contributed by atoms with E-state index >= 15 is 0 Å². The second-order valence-electron chi connectivity index (χ2n) is 9.64.